The number of nitrogens with zero attached hydrogens (tertiary/aromatic N) is 1. The topological polar surface area (TPSA) is 87.1 Å². The molecule has 2 N–H and O–H groups in total. The second-order valence-corrected chi connectivity index (χ2v) is 8.93. The average molecular weight is 476 g/mol. The molecule has 0 bridgehead atoms. The lowest BCUT2D eigenvalue weighted by Crippen LogP contribution is -2.29. The minimum atomic E-state index is -1.02. The molecule has 6 nitrogen and oxygen atoms in total. The normalized spacial score (nSPS) is 17.3. The zero-order valence-corrected chi connectivity index (χ0v) is 19.7. The van der Waals surface area contributed by atoms with E-state index in [-0.39, 0.29) is 22.8 Å². The van der Waals surface area contributed by atoms with E-state index in [1.165, 1.54) is 41.3 Å². The standard InChI is InChI=1S/C28H26FNO5/c1-16(2)15-35-23-12-7-19(13-17(23)3)26(32)24-25(18-5-4-6-22(31)14-18)30(28(34)27(24)33)21-10-8-20(29)9-11-21/h4-14,16,25,31-32H,15H2,1-3H3/b26-24-. The second kappa shape index (κ2) is 9.62. The maximum atomic E-state index is 13.6. The molecule has 1 saturated heterocycles. The number of hydrogen-bond acceptors (Lipinski definition) is 5. The SMILES string of the molecule is Cc1cc(/C(O)=C2/C(=O)C(=O)N(c3ccc(F)cc3)C2c2cccc(O)c2)ccc1OCC(C)C. The van der Waals surface area contributed by atoms with Gasteiger partial charge in [0, 0.05) is 11.3 Å². The van der Waals surface area contributed by atoms with Crippen LogP contribution in [0.1, 0.15) is 36.6 Å². The number of aliphatic hydroxyl groups excluding tert-OH is 1. The average Bonchev–Trinajstić information content (AvgIpc) is 3.08. The number of ketones is 1. The molecule has 0 spiro atoms. The Morgan fingerprint density at radius 2 is 1.77 bits per heavy atom. The van der Waals surface area contributed by atoms with E-state index >= 15 is 0 Å². The van der Waals surface area contributed by atoms with Crippen molar-refractivity contribution < 1.29 is 28.9 Å². The van der Waals surface area contributed by atoms with Gasteiger partial charge in [-0.3, -0.25) is 14.5 Å². The van der Waals surface area contributed by atoms with E-state index in [1.807, 2.05) is 20.8 Å². The van der Waals surface area contributed by atoms with Crippen LogP contribution < -0.4 is 9.64 Å². The Hall–Kier alpha value is -4.13. The Balaban J connectivity index is 1.85. The number of rotatable bonds is 6. The minimum absolute atomic E-state index is 0.0605. The highest BCUT2D eigenvalue weighted by Gasteiger charge is 2.47. The first-order valence-corrected chi connectivity index (χ1v) is 11.3. The number of Topliss-reactive ketones (excluding diaryl/α,β-unsaturated/α-hetero) is 1. The highest BCUT2D eigenvalue weighted by atomic mass is 19.1. The second-order valence-electron chi connectivity index (χ2n) is 8.93. The number of amides is 1. The van der Waals surface area contributed by atoms with Gasteiger partial charge in [0.2, 0.25) is 0 Å². The van der Waals surface area contributed by atoms with Crippen molar-refractivity contribution in [3.05, 3.63) is 94.8 Å². The van der Waals surface area contributed by atoms with E-state index in [4.69, 9.17) is 4.74 Å². The number of phenols is 1. The van der Waals surface area contributed by atoms with Crippen LogP contribution in [0.3, 0.4) is 0 Å². The minimum Gasteiger partial charge on any atom is -0.508 e. The maximum absolute atomic E-state index is 13.6. The summed E-state index contributed by atoms with van der Waals surface area (Å²) in [7, 11) is 0. The lowest BCUT2D eigenvalue weighted by molar-refractivity contribution is -0.132. The summed E-state index contributed by atoms with van der Waals surface area (Å²) in [6.45, 7) is 6.44. The van der Waals surface area contributed by atoms with Crippen molar-refractivity contribution in [3.8, 4) is 11.5 Å². The third kappa shape index (κ3) is 4.75. The van der Waals surface area contributed by atoms with Crippen LogP contribution in [-0.4, -0.2) is 28.5 Å². The predicted molar refractivity (Wildman–Crippen MR) is 131 cm³/mol. The molecular weight excluding hydrogens is 449 g/mol. The Kier molecular flexibility index (Phi) is 6.60. The van der Waals surface area contributed by atoms with Gasteiger partial charge in [0.1, 0.15) is 23.1 Å². The summed E-state index contributed by atoms with van der Waals surface area (Å²) in [6.07, 6.45) is 0. The van der Waals surface area contributed by atoms with Crippen molar-refractivity contribution in [1.82, 2.24) is 0 Å². The molecule has 4 rings (SSSR count). The monoisotopic (exact) mass is 475 g/mol. The van der Waals surface area contributed by atoms with Crippen molar-refractivity contribution in [2.45, 2.75) is 26.8 Å². The highest BCUT2D eigenvalue weighted by molar-refractivity contribution is 6.51. The van der Waals surface area contributed by atoms with Crippen LogP contribution in [0.5, 0.6) is 11.5 Å². The number of carbonyl (C=O) groups is 2. The molecule has 1 atom stereocenters. The summed E-state index contributed by atoms with van der Waals surface area (Å²) in [6, 6.07) is 15.3. The van der Waals surface area contributed by atoms with Crippen LogP contribution in [0.2, 0.25) is 0 Å². The Bertz CT molecular complexity index is 1310. The van der Waals surface area contributed by atoms with Crippen LogP contribution >= 0.6 is 0 Å². The number of aliphatic hydroxyl groups is 1. The molecule has 0 aliphatic carbocycles. The maximum Gasteiger partial charge on any atom is 0.300 e. The zero-order chi connectivity index (χ0) is 25.3. The summed E-state index contributed by atoms with van der Waals surface area (Å²) < 4.78 is 19.4. The third-order valence-electron chi connectivity index (χ3n) is 5.76. The van der Waals surface area contributed by atoms with Crippen molar-refractivity contribution in [3.63, 3.8) is 0 Å². The molecule has 0 aromatic heterocycles. The van der Waals surface area contributed by atoms with Crippen LogP contribution in [0, 0.1) is 18.7 Å². The molecule has 1 aliphatic rings. The molecule has 35 heavy (non-hydrogen) atoms. The van der Waals surface area contributed by atoms with Gasteiger partial charge in [-0.15, -0.1) is 0 Å². The van der Waals surface area contributed by atoms with Gasteiger partial charge < -0.3 is 14.9 Å². The highest BCUT2D eigenvalue weighted by Crippen LogP contribution is 2.43. The number of anilines is 1. The van der Waals surface area contributed by atoms with Crippen LogP contribution in [-0.2, 0) is 9.59 Å². The van der Waals surface area contributed by atoms with Gasteiger partial charge in [-0.05, 0) is 78.6 Å². The molecule has 7 heteroatoms. The summed E-state index contributed by atoms with van der Waals surface area (Å²) in [4.78, 5) is 27.5. The van der Waals surface area contributed by atoms with E-state index in [0.717, 1.165) is 5.56 Å². The third-order valence-corrected chi connectivity index (χ3v) is 5.76. The van der Waals surface area contributed by atoms with E-state index in [9.17, 15) is 24.2 Å². The number of aromatic hydroxyl groups is 1. The summed E-state index contributed by atoms with van der Waals surface area (Å²) >= 11 is 0. The quantitative estimate of drug-likeness (QED) is 0.279. The fourth-order valence-corrected chi connectivity index (χ4v) is 4.08. The van der Waals surface area contributed by atoms with Gasteiger partial charge in [-0.1, -0.05) is 26.0 Å². The van der Waals surface area contributed by atoms with Gasteiger partial charge in [-0.2, -0.15) is 0 Å². The van der Waals surface area contributed by atoms with E-state index in [1.54, 1.807) is 30.3 Å². The Morgan fingerprint density at radius 3 is 2.40 bits per heavy atom. The van der Waals surface area contributed by atoms with E-state index < -0.39 is 23.5 Å². The molecule has 0 radical (unpaired) electrons. The molecule has 0 saturated carbocycles. The molecule has 180 valence electrons. The number of benzene rings is 3. The number of phenolic OH excluding ortho intramolecular Hbond substituents is 1. The molecule has 1 amide bonds. The number of hydrogen-bond donors (Lipinski definition) is 2. The number of carbonyl (C=O) groups excluding carboxylic acids is 2. The summed E-state index contributed by atoms with van der Waals surface area (Å²) in [5.41, 5.74) is 1.69. The molecule has 1 unspecified atom stereocenters. The van der Waals surface area contributed by atoms with Crippen molar-refractivity contribution >= 4 is 23.1 Å². The van der Waals surface area contributed by atoms with Crippen molar-refractivity contribution in [2.75, 3.05) is 11.5 Å². The number of ether oxygens (including phenoxy) is 1. The number of halogens is 1. The fraction of sp³-hybridized carbons (Fsp3) is 0.214. The predicted octanol–water partition coefficient (Wildman–Crippen LogP) is 5.50. The first-order valence-electron chi connectivity index (χ1n) is 11.3. The van der Waals surface area contributed by atoms with E-state index in [2.05, 4.69) is 0 Å². The number of aryl methyl sites for hydroxylation is 1. The fourth-order valence-electron chi connectivity index (χ4n) is 4.08. The first kappa shape index (κ1) is 24.0. The molecule has 1 aliphatic heterocycles. The lowest BCUT2D eigenvalue weighted by atomic mass is 9.94. The Morgan fingerprint density at radius 1 is 1.06 bits per heavy atom. The molecule has 1 fully saturated rings. The molecular formula is C28H26FNO5. The smallest absolute Gasteiger partial charge is 0.300 e. The zero-order valence-electron chi connectivity index (χ0n) is 19.7. The Labute approximate surface area is 202 Å². The molecule has 1 heterocycles. The van der Waals surface area contributed by atoms with Crippen LogP contribution in [0.4, 0.5) is 10.1 Å². The van der Waals surface area contributed by atoms with Crippen molar-refractivity contribution in [1.29, 1.82) is 0 Å². The van der Waals surface area contributed by atoms with Crippen molar-refractivity contribution in [2.24, 2.45) is 5.92 Å². The van der Waals surface area contributed by atoms with Gasteiger partial charge in [0.15, 0.2) is 0 Å². The summed E-state index contributed by atoms with van der Waals surface area (Å²) in [5, 5.41) is 21.3. The lowest BCUT2D eigenvalue weighted by Gasteiger charge is -2.25. The van der Waals surface area contributed by atoms with E-state index in [0.29, 0.717) is 29.4 Å². The van der Waals surface area contributed by atoms with Crippen LogP contribution in [0.15, 0.2) is 72.3 Å². The van der Waals surface area contributed by atoms with Gasteiger partial charge in [-0.25, -0.2) is 4.39 Å². The van der Waals surface area contributed by atoms with Gasteiger partial charge >= 0.3 is 0 Å². The van der Waals surface area contributed by atoms with Gasteiger partial charge in [0.25, 0.3) is 11.7 Å². The summed E-state index contributed by atoms with van der Waals surface area (Å²) in [5.74, 6) is -1.64. The van der Waals surface area contributed by atoms with Crippen LogP contribution in [0.25, 0.3) is 5.76 Å². The van der Waals surface area contributed by atoms with Gasteiger partial charge in [0.05, 0.1) is 18.2 Å². The largest absolute Gasteiger partial charge is 0.508 e. The first-order chi connectivity index (χ1) is 16.7. The molecule has 3 aromatic rings. The molecule has 3 aromatic carbocycles.